The van der Waals surface area contributed by atoms with Gasteiger partial charge in [-0.1, -0.05) is 18.2 Å². The molecule has 2 aromatic rings. The number of para-hydroxylation sites is 1. The molecule has 3 N–H and O–H groups in total. The largest absolute Gasteiger partial charge is 0.369 e. The van der Waals surface area contributed by atoms with Gasteiger partial charge in [0.25, 0.3) is 0 Å². The highest BCUT2D eigenvalue weighted by Gasteiger charge is 2.31. The summed E-state index contributed by atoms with van der Waals surface area (Å²) in [5.74, 6) is 0.566. The van der Waals surface area contributed by atoms with Gasteiger partial charge in [0.2, 0.25) is 0 Å². The van der Waals surface area contributed by atoms with E-state index < -0.39 is 0 Å². The lowest BCUT2D eigenvalue weighted by Crippen LogP contribution is -2.36. The second-order valence-electron chi connectivity index (χ2n) is 4.77. The Balaban J connectivity index is 2.04. The number of nitrogens with two attached hydrogens (primary N) is 1. The van der Waals surface area contributed by atoms with Crippen LogP contribution in [-0.4, -0.2) is 22.7 Å². The van der Waals surface area contributed by atoms with E-state index in [1.54, 1.807) is 0 Å². The monoisotopic (exact) mass is 255 g/mol. The lowest BCUT2D eigenvalue weighted by atomic mass is 10.0. The number of anilines is 1. The smallest absolute Gasteiger partial charge is 0.196 e. The third-order valence-corrected chi connectivity index (χ3v) is 3.54. The predicted molar refractivity (Wildman–Crippen MR) is 76.2 cm³/mol. The molecule has 0 fully saturated rings. The molecule has 98 valence electrons. The van der Waals surface area contributed by atoms with Crippen molar-refractivity contribution in [1.82, 2.24) is 10.2 Å². The Bertz CT molecular complexity index is 595. The van der Waals surface area contributed by atoms with E-state index in [4.69, 9.17) is 5.73 Å². The van der Waals surface area contributed by atoms with Gasteiger partial charge in [-0.2, -0.15) is 5.10 Å². The molecule has 1 aromatic heterocycles. The minimum Gasteiger partial charge on any atom is -0.369 e. The van der Waals surface area contributed by atoms with Gasteiger partial charge in [-0.15, -0.1) is 0 Å². The molecule has 0 saturated heterocycles. The lowest BCUT2D eigenvalue weighted by Gasteiger charge is -2.26. The molecule has 0 radical (unpaired) electrons. The highest BCUT2D eigenvalue weighted by molar-refractivity contribution is 5.97. The molecule has 0 spiro atoms. The Labute approximate surface area is 112 Å². The van der Waals surface area contributed by atoms with E-state index in [0.29, 0.717) is 12.5 Å². The number of aliphatic imine (C=N–C) groups is 1. The van der Waals surface area contributed by atoms with Crippen LogP contribution < -0.4 is 10.6 Å². The van der Waals surface area contributed by atoms with Gasteiger partial charge >= 0.3 is 0 Å². The van der Waals surface area contributed by atoms with E-state index in [9.17, 15) is 0 Å². The maximum absolute atomic E-state index is 6.05. The van der Waals surface area contributed by atoms with Crippen molar-refractivity contribution < 1.29 is 0 Å². The first-order chi connectivity index (χ1) is 9.18. The average Bonchev–Trinajstić information content (AvgIpc) is 2.94. The van der Waals surface area contributed by atoms with Crippen LogP contribution in [0.25, 0.3) is 0 Å². The van der Waals surface area contributed by atoms with Crippen molar-refractivity contribution in [1.29, 1.82) is 0 Å². The molecule has 19 heavy (non-hydrogen) atoms. The van der Waals surface area contributed by atoms with E-state index in [2.05, 4.69) is 20.1 Å². The summed E-state index contributed by atoms with van der Waals surface area (Å²) >= 11 is 0. The van der Waals surface area contributed by atoms with Gasteiger partial charge in [0, 0.05) is 16.9 Å². The van der Waals surface area contributed by atoms with Gasteiger partial charge < -0.3 is 10.6 Å². The first-order valence-corrected chi connectivity index (χ1v) is 6.34. The average molecular weight is 255 g/mol. The van der Waals surface area contributed by atoms with Crippen LogP contribution in [0.2, 0.25) is 0 Å². The summed E-state index contributed by atoms with van der Waals surface area (Å²) in [7, 11) is 0. The number of benzene rings is 1. The number of aromatic amines is 1. The van der Waals surface area contributed by atoms with E-state index in [1.807, 2.05) is 44.2 Å². The van der Waals surface area contributed by atoms with Crippen molar-refractivity contribution in [3.63, 3.8) is 0 Å². The number of aryl methyl sites for hydroxylation is 2. The summed E-state index contributed by atoms with van der Waals surface area (Å²) in [5, 5.41) is 7.30. The van der Waals surface area contributed by atoms with Crippen LogP contribution in [0.3, 0.4) is 0 Å². The molecule has 5 heteroatoms. The first kappa shape index (κ1) is 11.8. The molecule has 5 nitrogen and oxygen atoms in total. The number of guanidine groups is 1. The van der Waals surface area contributed by atoms with Gasteiger partial charge in [0.05, 0.1) is 18.3 Å². The van der Waals surface area contributed by atoms with Gasteiger partial charge in [-0.3, -0.25) is 10.1 Å². The Hall–Kier alpha value is -2.30. The van der Waals surface area contributed by atoms with E-state index in [1.165, 1.54) is 5.56 Å². The Morgan fingerprint density at radius 3 is 2.63 bits per heavy atom. The standard InChI is InChI=1S/C14H17N5/c1-9-13(10(2)18-17-9)12-8-16-14(15)19(12)11-6-4-3-5-7-11/h3-7,12H,8H2,1-2H3,(H2,15,16)(H,17,18). The van der Waals surface area contributed by atoms with E-state index in [0.717, 1.165) is 17.1 Å². The number of nitrogens with one attached hydrogen (secondary N) is 1. The number of rotatable bonds is 2. The fourth-order valence-electron chi connectivity index (χ4n) is 2.67. The molecule has 1 atom stereocenters. The Morgan fingerprint density at radius 2 is 2.00 bits per heavy atom. The van der Waals surface area contributed by atoms with Crippen LogP contribution >= 0.6 is 0 Å². The highest BCUT2D eigenvalue weighted by atomic mass is 15.3. The third kappa shape index (κ3) is 1.87. The Kier molecular flexibility index (Phi) is 2.74. The molecule has 1 unspecified atom stereocenters. The zero-order chi connectivity index (χ0) is 13.4. The fourth-order valence-corrected chi connectivity index (χ4v) is 2.67. The van der Waals surface area contributed by atoms with Crippen molar-refractivity contribution in [2.45, 2.75) is 19.9 Å². The molecule has 1 aliphatic heterocycles. The van der Waals surface area contributed by atoms with Gasteiger partial charge in [-0.25, -0.2) is 0 Å². The van der Waals surface area contributed by atoms with Crippen molar-refractivity contribution in [3.8, 4) is 0 Å². The summed E-state index contributed by atoms with van der Waals surface area (Å²) in [6.07, 6.45) is 0. The van der Waals surface area contributed by atoms with Crippen LogP contribution in [0, 0.1) is 13.8 Å². The molecule has 0 aliphatic carbocycles. The van der Waals surface area contributed by atoms with Crippen molar-refractivity contribution in [2.75, 3.05) is 11.4 Å². The zero-order valence-corrected chi connectivity index (χ0v) is 11.1. The molecular weight excluding hydrogens is 238 g/mol. The number of hydrogen-bond donors (Lipinski definition) is 2. The molecular formula is C14H17N5. The summed E-state index contributed by atoms with van der Waals surface area (Å²) in [4.78, 5) is 6.47. The zero-order valence-electron chi connectivity index (χ0n) is 11.1. The second-order valence-corrected chi connectivity index (χ2v) is 4.77. The number of H-pyrrole nitrogens is 1. The Morgan fingerprint density at radius 1 is 1.26 bits per heavy atom. The molecule has 1 aliphatic rings. The fraction of sp³-hybridized carbons (Fsp3) is 0.286. The number of hydrogen-bond acceptors (Lipinski definition) is 4. The summed E-state index contributed by atoms with van der Waals surface area (Å²) in [5.41, 5.74) is 10.4. The minimum atomic E-state index is 0.126. The van der Waals surface area contributed by atoms with Crippen LogP contribution in [0.1, 0.15) is 23.0 Å². The van der Waals surface area contributed by atoms with Gasteiger partial charge in [0.15, 0.2) is 5.96 Å². The maximum Gasteiger partial charge on any atom is 0.196 e. The molecule has 2 heterocycles. The summed E-state index contributed by atoms with van der Waals surface area (Å²) in [6, 6.07) is 10.2. The molecule has 1 aromatic carbocycles. The van der Waals surface area contributed by atoms with Crippen molar-refractivity contribution >= 4 is 11.6 Å². The quantitative estimate of drug-likeness (QED) is 0.861. The predicted octanol–water partition coefficient (Wildman–Crippen LogP) is 1.90. The third-order valence-electron chi connectivity index (χ3n) is 3.54. The number of nitrogens with zero attached hydrogens (tertiary/aromatic N) is 3. The van der Waals surface area contributed by atoms with Crippen LogP contribution in [0.15, 0.2) is 35.3 Å². The lowest BCUT2D eigenvalue weighted by molar-refractivity contribution is 0.757. The number of aromatic nitrogens is 2. The SMILES string of the molecule is Cc1n[nH]c(C)c1C1CN=C(N)N1c1ccccc1. The van der Waals surface area contributed by atoms with Crippen molar-refractivity contribution in [2.24, 2.45) is 10.7 Å². The maximum atomic E-state index is 6.05. The van der Waals surface area contributed by atoms with Gasteiger partial charge in [-0.05, 0) is 26.0 Å². The normalized spacial score (nSPS) is 18.7. The second kappa shape index (κ2) is 4.42. The molecule has 0 saturated carbocycles. The van der Waals surface area contributed by atoms with Crippen molar-refractivity contribution in [3.05, 3.63) is 47.3 Å². The van der Waals surface area contributed by atoms with Crippen LogP contribution in [0.5, 0.6) is 0 Å². The van der Waals surface area contributed by atoms with E-state index >= 15 is 0 Å². The van der Waals surface area contributed by atoms with Gasteiger partial charge in [0.1, 0.15) is 0 Å². The summed E-state index contributed by atoms with van der Waals surface area (Å²) in [6.45, 7) is 4.71. The topological polar surface area (TPSA) is 70.3 Å². The minimum absolute atomic E-state index is 0.126. The van der Waals surface area contributed by atoms with E-state index in [-0.39, 0.29) is 6.04 Å². The molecule has 3 rings (SSSR count). The first-order valence-electron chi connectivity index (χ1n) is 6.34. The summed E-state index contributed by atoms with van der Waals surface area (Å²) < 4.78 is 0. The van der Waals surface area contributed by atoms with Crippen LogP contribution in [-0.2, 0) is 0 Å². The molecule has 0 amide bonds. The highest BCUT2D eigenvalue weighted by Crippen LogP contribution is 2.33. The molecule has 0 bridgehead atoms. The van der Waals surface area contributed by atoms with Crippen LogP contribution in [0.4, 0.5) is 5.69 Å².